The third-order valence-electron chi connectivity index (χ3n) is 5.10. The molecule has 1 aliphatic carbocycles. The predicted molar refractivity (Wildman–Crippen MR) is 116 cm³/mol. The molecule has 3 N–H and O–H groups in total. The van der Waals surface area contributed by atoms with E-state index >= 15 is 0 Å². The van der Waals surface area contributed by atoms with Crippen LogP contribution in [-0.2, 0) is 6.54 Å². The van der Waals surface area contributed by atoms with Gasteiger partial charge in [-0.1, -0.05) is 0 Å². The zero-order valence-electron chi connectivity index (χ0n) is 15.9. The number of ketones is 1. The Morgan fingerprint density at radius 2 is 1.90 bits per heavy atom. The van der Waals surface area contributed by atoms with Gasteiger partial charge in [0.25, 0.3) is 11.2 Å². The molecule has 0 saturated carbocycles. The van der Waals surface area contributed by atoms with Crippen molar-refractivity contribution >= 4 is 39.2 Å². The Bertz CT molecular complexity index is 1270. The minimum absolute atomic E-state index is 0. The molecular weight excluding hydrogens is 458 g/mol. The summed E-state index contributed by atoms with van der Waals surface area (Å²) < 4.78 is 6.58. The molecule has 0 aliphatic heterocycles. The van der Waals surface area contributed by atoms with E-state index in [0.717, 1.165) is 0 Å². The van der Waals surface area contributed by atoms with E-state index in [0.29, 0.717) is 29.6 Å². The summed E-state index contributed by atoms with van der Waals surface area (Å²) >= 11 is 0. The van der Waals surface area contributed by atoms with Gasteiger partial charge in [-0.05, 0) is 31.2 Å². The lowest BCUT2D eigenvalue weighted by Gasteiger charge is -2.15. The van der Waals surface area contributed by atoms with Gasteiger partial charge in [-0.25, -0.2) is 0 Å². The van der Waals surface area contributed by atoms with Gasteiger partial charge in [0.2, 0.25) is 0 Å². The Labute approximate surface area is 180 Å². The number of carbonyl (C=O) groups is 1. The molecule has 10 heteroatoms. The number of hydrogen-bond donors (Lipinski definition) is 2. The number of pyridine rings is 1. The van der Waals surface area contributed by atoms with Crippen LogP contribution in [0.4, 0.5) is 5.69 Å². The van der Waals surface area contributed by atoms with E-state index in [2.05, 4.69) is 0 Å². The molecule has 30 heavy (non-hydrogen) atoms. The van der Waals surface area contributed by atoms with E-state index in [4.69, 9.17) is 10.5 Å². The molecule has 0 unspecified atom stereocenters. The number of non-ortho nitro benzene ring substituents is 1. The molecule has 0 fully saturated rings. The van der Waals surface area contributed by atoms with Crippen molar-refractivity contribution < 1.29 is 19.6 Å². The van der Waals surface area contributed by atoms with Crippen molar-refractivity contribution in [1.29, 1.82) is 0 Å². The lowest BCUT2D eigenvalue weighted by Crippen LogP contribution is -2.24. The fourth-order valence-corrected chi connectivity index (χ4v) is 3.77. The normalized spacial score (nSPS) is 11.7. The first kappa shape index (κ1) is 21.5. The van der Waals surface area contributed by atoms with E-state index in [1.807, 2.05) is 0 Å². The number of nitrogens with zero attached hydrogens (tertiary/aromatic N) is 2. The largest absolute Gasteiger partial charge is 0.504 e. The number of ether oxygens (including phenoxy) is 1. The van der Waals surface area contributed by atoms with Crippen molar-refractivity contribution in [3.8, 4) is 22.8 Å². The lowest BCUT2D eigenvalue weighted by atomic mass is 10.0. The standard InChI is InChI=1S/C20H17N3O6.BrH/c1-29-16-9-12-13(8-15(16)24)19(25)17-11-4-3-10(23(27)28)7-14(11)20(26)22(18(12)17)6-2-5-21;/h3-4,7-9,24H,2,5-6,21H2,1H3;1H. The Morgan fingerprint density at radius 1 is 1.17 bits per heavy atom. The van der Waals surface area contributed by atoms with Crippen molar-refractivity contribution in [2.75, 3.05) is 13.7 Å². The minimum Gasteiger partial charge on any atom is -0.504 e. The van der Waals surface area contributed by atoms with Gasteiger partial charge in [-0.3, -0.25) is 19.7 Å². The Morgan fingerprint density at radius 3 is 2.53 bits per heavy atom. The highest BCUT2D eigenvalue weighted by Gasteiger charge is 2.34. The van der Waals surface area contributed by atoms with Crippen LogP contribution >= 0.6 is 17.0 Å². The monoisotopic (exact) mass is 475 g/mol. The van der Waals surface area contributed by atoms with Crippen LogP contribution in [0, 0.1) is 10.1 Å². The van der Waals surface area contributed by atoms with Crippen molar-refractivity contribution in [3.05, 3.63) is 61.9 Å². The van der Waals surface area contributed by atoms with Gasteiger partial charge in [0, 0.05) is 35.2 Å². The summed E-state index contributed by atoms with van der Waals surface area (Å²) in [7, 11) is 1.39. The number of halogens is 1. The highest BCUT2D eigenvalue weighted by molar-refractivity contribution is 8.93. The van der Waals surface area contributed by atoms with Crippen LogP contribution in [0.3, 0.4) is 0 Å². The van der Waals surface area contributed by atoms with E-state index in [-0.39, 0.29) is 63.0 Å². The molecule has 3 aromatic rings. The molecule has 0 spiro atoms. The topological polar surface area (TPSA) is 138 Å². The third-order valence-corrected chi connectivity index (χ3v) is 5.10. The summed E-state index contributed by atoms with van der Waals surface area (Å²) in [6.07, 6.45) is 0.478. The molecule has 1 heterocycles. The van der Waals surface area contributed by atoms with Gasteiger partial charge in [0.05, 0.1) is 28.7 Å². The number of nitro groups is 1. The van der Waals surface area contributed by atoms with E-state index in [9.17, 15) is 24.8 Å². The molecule has 0 radical (unpaired) electrons. The van der Waals surface area contributed by atoms with Crippen LogP contribution in [-0.4, -0.2) is 34.0 Å². The number of nitrogens with two attached hydrogens (primary N) is 1. The highest BCUT2D eigenvalue weighted by Crippen LogP contribution is 2.44. The number of nitro benzene ring substituents is 1. The van der Waals surface area contributed by atoms with Gasteiger partial charge in [-0.15, -0.1) is 17.0 Å². The summed E-state index contributed by atoms with van der Waals surface area (Å²) in [5, 5.41) is 21.7. The van der Waals surface area contributed by atoms with Crippen molar-refractivity contribution in [2.45, 2.75) is 13.0 Å². The Balaban J connectivity index is 0.00000256. The van der Waals surface area contributed by atoms with Crippen LogP contribution in [0.25, 0.3) is 22.0 Å². The molecule has 156 valence electrons. The first-order chi connectivity index (χ1) is 13.9. The third kappa shape index (κ3) is 3.04. The number of fused-ring (bicyclic) bond motifs is 5. The maximum atomic E-state index is 13.2. The molecule has 0 amide bonds. The number of carbonyl (C=O) groups excluding carboxylic acids is 1. The number of hydrogen-bond acceptors (Lipinski definition) is 7. The number of benzene rings is 2. The molecule has 2 aromatic carbocycles. The number of aromatic hydroxyl groups is 1. The van der Waals surface area contributed by atoms with Gasteiger partial charge in [-0.2, -0.15) is 0 Å². The maximum Gasteiger partial charge on any atom is 0.270 e. The van der Waals surface area contributed by atoms with Gasteiger partial charge < -0.3 is 20.1 Å². The maximum absolute atomic E-state index is 13.2. The van der Waals surface area contributed by atoms with Gasteiger partial charge >= 0.3 is 0 Å². The fourth-order valence-electron chi connectivity index (χ4n) is 3.77. The molecule has 0 bridgehead atoms. The number of aromatic nitrogens is 1. The van der Waals surface area contributed by atoms with Crippen LogP contribution in [0.15, 0.2) is 35.1 Å². The summed E-state index contributed by atoms with van der Waals surface area (Å²) in [6, 6.07) is 6.70. The Hall–Kier alpha value is -3.24. The second-order valence-electron chi connectivity index (χ2n) is 6.71. The minimum atomic E-state index is -0.587. The van der Waals surface area contributed by atoms with Crippen LogP contribution in [0.5, 0.6) is 11.5 Å². The summed E-state index contributed by atoms with van der Waals surface area (Å²) in [5.41, 5.74) is 6.32. The van der Waals surface area contributed by atoms with E-state index < -0.39 is 10.5 Å². The van der Waals surface area contributed by atoms with E-state index in [1.54, 1.807) is 0 Å². The zero-order chi connectivity index (χ0) is 20.9. The molecular formula is C20H18BrN3O6. The predicted octanol–water partition coefficient (Wildman–Crippen LogP) is 2.76. The molecule has 0 atom stereocenters. The van der Waals surface area contributed by atoms with E-state index in [1.165, 1.54) is 42.0 Å². The van der Waals surface area contributed by atoms with Crippen LogP contribution in [0.1, 0.15) is 22.3 Å². The summed E-state index contributed by atoms with van der Waals surface area (Å²) in [6.45, 7) is 0.570. The van der Waals surface area contributed by atoms with Crippen molar-refractivity contribution in [1.82, 2.24) is 4.57 Å². The second kappa shape index (κ2) is 7.88. The highest BCUT2D eigenvalue weighted by atomic mass is 79.9. The molecule has 0 saturated heterocycles. The van der Waals surface area contributed by atoms with Crippen LogP contribution < -0.4 is 16.0 Å². The molecule has 4 rings (SSSR count). The second-order valence-corrected chi connectivity index (χ2v) is 6.71. The zero-order valence-corrected chi connectivity index (χ0v) is 17.6. The number of methoxy groups -OCH3 is 1. The summed E-state index contributed by atoms with van der Waals surface area (Å²) in [5.74, 6) is -0.387. The Kier molecular flexibility index (Phi) is 5.64. The van der Waals surface area contributed by atoms with Gasteiger partial charge in [0.1, 0.15) is 0 Å². The number of phenols is 1. The smallest absolute Gasteiger partial charge is 0.270 e. The average molecular weight is 476 g/mol. The fraction of sp³-hybridized carbons (Fsp3) is 0.200. The van der Waals surface area contributed by atoms with Crippen molar-refractivity contribution in [3.63, 3.8) is 0 Å². The lowest BCUT2D eigenvalue weighted by molar-refractivity contribution is -0.384. The summed E-state index contributed by atoms with van der Waals surface area (Å²) in [4.78, 5) is 37.0. The van der Waals surface area contributed by atoms with Crippen molar-refractivity contribution in [2.24, 2.45) is 5.73 Å². The first-order valence-corrected chi connectivity index (χ1v) is 8.90. The number of rotatable bonds is 5. The average Bonchev–Trinajstić information content (AvgIpc) is 2.98. The first-order valence-electron chi connectivity index (χ1n) is 8.90. The molecule has 1 aromatic heterocycles. The van der Waals surface area contributed by atoms with Gasteiger partial charge in [0.15, 0.2) is 17.3 Å². The quantitative estimate of drug-likeness (QED) is 0.334. The van der Waals surface area contributed by atoms with Crippen LogP contribution in [0.2, 0.25) is 0 Å². The SMILES string of the molecule is Br.COc1cc2c(cc1O)C(=O)c1c-2n(CCCN)c(=O)c2cc([N+](=O)[O-])ccc12. The number of phenolic OH excluding ortho intramolecular Hbond substituents is 1. The molecule has 9 nitrogen and oxygen atoms in total. The molecule has 1 aliphatic rings.